The molecule has 2 aromatic carbocycles. The first-order valence-electron chi connectivity index (χ1n) is 10.5. The highest BCUT2D eigenvalue weighted by molar-refractivity contribution is 6.30. The van der Waals surface area contributed by atoms with Gasteiger partial charge in [-0.2, -0.15) is 5.10 Å². The average Bonchev–Trinajstić information content (AvgIpc) is 3.38. The van der Waals surface area contributed by atoms with Crippen LogP contribution in [0, 0.1) is 5.92 Å². The van der Waals surface area contributed by atoms with Gasteiger partial charge in [0.2, 0.25) is 5.91 Å². The van der Waals surface area contributed by atoms with Crippen molar-refractivity contribution in [3.63, 3.8) is 0 Å². The number of halogens is 1. The Morgan fingerprint density at radius 2 is 1.90 bits per heavy atom. The molecule has 3 aromatic rings. The first kappa shape index (κ1) is 19.8. The molecule has 6 nitrogen and oxygen atoms in total. The van der Waals surface area contributed by atoms with E-state index in [0.717, 1.165) is 30.4 Å². The molecular weight excluding hydrogens is 414 g/mol. The highest BCUT2D eigenvalue weighted by Gasteiger charge is 2.43. The maximum absolute atomic E-state index is 12.7. The van der Waals surface area contributed by atoms with Gasteiger partial charge in [0, 0.05) is 28.4 Å². The standard InChI is InChI=1S/C24H22ClN3O3/c25-16-6-4-14(5-7-16)20-11-21(20)23(29)27-17-8-9-19(22(10-17)24(30)31)15-12-26-28(13-15)18-2-1-3-18/h4-10,12-13,18,20-21H,1-3,11H2,(H,27,29)(H,30,31)/t20-,21+/m0/s1. The van der Waals surface area contributed by atoms with Crippen LogP contribution in [0.5, 0.6) is 0 Å². The van der Waals surface area contributed by atoms with Crippen LogP contribution in [0.2, 0.25) is 5.02 Å². The molecule has 2 N–H and O–H groups in total. The number of anilines is 1. The Kier molecular flexibility index (Phi) is 5.02. The third-order valence-corrected chi connectivity index (χ3v) is 6.56. The minimum Gasteiger partial charge on any atom is -0.478 e. The third-order valence-electron chi connectivity index (χ3n) is 6.30. The molecule has 7 heteroatoms. The number of hydrogen-bond donors (Lipinski definition) is 2. The largest absolute Gasteiger partial charge is 0.478 e. The molecule has 0 radical (unpaired) electrons. The van der Waals surface area contributed by atoms with E-state index in [1.807, 2.05) is 35.1 Å². The molecule has 0 aliphatic heterocycles. The number of carbonyl (C=O) groups excluding carboxylic acids is 1. The molecule has 0 spiro atoms. The molecule has 2 aliphatic carbocycles. The van der Waals surface area contributed by atoms with E-state index in [1.165, 1.54) is 12.5 Å². The topological polar surface area (TPSA) is 84.2 Å². The van der Waals surface area contributed by atoms with Crippen LogP contribution in [-0.2, 0) is 4.79 Å². The number of carboxylic acids is 1. The summed E-state index contributed by atoms with van der Waals surface area (Å²) in [5.74, 6) is -1.07. The minimum absolute atomic E-state index is 0.0955. The Bertz CT molecular complexity index is 1150. The van der Waals surface area contributed by atoms with Crippen molar-refractivity contribution < 1.29 is 14.7 Å². The van der Waals surface area contributed by atoms with E-state index in [-0.39, 0.29) is 23.3 Å². The molecule has 2 saturated carbocycles. The molecule has 0 unspecified atom stereocenters. The summed E-state index contributed by atoms with van der Waals surface area (Å²) < 4.78 is 1.92. The van der Waals surface area contributed by atoms with Crippen molar-refractivity contribution in [3.8, 4) is 11.1 Å². The van der Waals surface area contributed by atoms with Gasteiger partial charge in [-0.1, -0.05) is 29.8 Å². The van der Waals surface area contributed by atoms with Crippen LogP contribution in [0.4, 0.5) is 5.69 Å². The van der Waals surface area contributed by atoms with Gasteiger partial charge in [0.05, 0.1) is 17.8 Å². The highest BCUT2D eigenvalue weighted by Crippen LogP contribution is 2.48. The Hall–Kier alpha value is -3.12. The number of aromatic carboxylic acids is 1. The zero-order chi connectivity index (χ0) is 21.5. The lowest BCUT2D eigenvalue weighted by Crippen LogP contribution is -2.17. The van der Waals surface area contributed by atoms with Gasteiger partial charge in [0.25, 0.3) is 0 Å². The van der Waals surface area contributed by atoms with E-state index in [0.29, 0.717) is 22.3 Å². The van der Waals surface area contributed by atoms with E-state index in [1.54, 1.807) is 18.3 Å². The molecular formula is C24H22ClN3O3. The van der Waals surface area contributed by atoms with Gasteiger partial charge < -0.3 is 10.4 Å². The average molecular weight is 436 g/mol. The van der Waals surface area contributed by atoms with Crippen LogP contribution in [0.25, 0.3) is 11.1 Å². The second kappa shape index (κ2) is 7.85. The summed E-state index contributed by atoms with van der Waals surface area (Å²) in [6.07, 6.45) is 7.81. The number of carbonyl (C=O) groups is 2. The van der Waals surface area contributed by atoms with Crippen LogP contribution in [0.15, 0.2) is 54.9 Å². The van der Waals surface area contributed by atoms with E-state index in [4.69, 9.17) is 11.6 Å². The fourth-order valence-corrected chi connectivity index (χ4v) is 4.30. The third kappa shape index (κ3) is 3.95. The number of nitrogens with one attached hydrogen (secondary N) is 1. The number of nitrogens with zero attached hydrogens (tertiary/aromatic N) is 2. The van der Waals surface area contributed by atoms with Crippen LogP contribution < -0.4 is 5.32 Å². The van der Waals surface area contributed by atoms with Crippen LogP contribution in [0.3, 0.4) is 0 Å². The molecule has 1 amide bonds. The highest BCUT2D eigenvalue weighted by atomic mass is 35.5. The van der Waals surface area contributed by atoms with Crippen LogP contribution in [0.1, 0.15) is 53.6 Å². The Balaban J connectivity index is 1.32. The van der Waals surface area contributed by atoms with Crippen molar-refractivity contribution in [2.45, 2.75) is 37.6 Å². The summed E-state index contributed by atoms with van der Waals surface area (Å²) in [5, 5.41) is 17.7. The summed E-state index contributed by atoms with van der Waals surface area (Å²) in [4.78, 5) is 24.6. The molecule has 5 rings (SSSR count). The molecule has 1 heterocycles. The molecule has 0 bridgehead atoms. The van der Waals surface area contributed by atoms with Crippen molar-refractivity contribution in [1.82, 2.24) is 9.78 Å². The molecule has 2 aliphatic rings. The van der Waals surface area contributed by atoms with Crippen molar-refractivity contribution in [2.24, 2.45) is 5.92 Å². The van der Waals surface area contributed by atoms with Gasteiger partial charge in [-0.25, -0.2) is 4.79 Å². The van der Waals surface area contributed by atoms with Crippen LogP contribution >= 0.6 is 11.6 Å². The minimum atomic E-state index is -1.03. The number of benzene rings is 2. The zero-order valence-corrected chi connectivity index (χ0v) is 17.5. The fourth-order valence-electron chi connectivity index (χ4n) is 4.18. The SMILES string of the molecule is O=C(O)c1cc(NC(=O)[C@@H]2C[C@H]2c2ccc(Cl)cc2)ccc1-c1cnn(C2CCC2)c1. The summed E-state index contributed by atoms with van der Waals surface area (Å²) in [7, 11) is 0. The molecule has 2 fully saturated rings. The van der Waals surface area contributed by atoms with Gasteiger partial charge in [-0.15, -0.1) is 0 Å². The normalized spacial score (nSPS) is 20.2. The second-order valence-corrected chi connectivity index (χ2v) is 8.79. The lowest BCUT2D eigenvalue weighted by molar-refractivity contribution is -0.117. The smallest absolute Gasteiger partial charge is 0.336 e. The summed E-state index contributed by atoms with van der Waals surface area (Å²) in [6.45, 7) is 0. The monoisotopic (exact) mass is 435 g/mol. The van der Waals surface area contributed by atoms with E-state index >= 15 is 0 Å². The summed E-state index contributed by atoms with van der Waals surface area (Å²) in [5.41, 5.74) is 3.10. The van der Waals surface area contributed by atoms with Gasteiger partial charge in [0.1, 0.15) is 0 Å². The van der Waals surface area contributed by atoms with Gasteiger partial charge in [0.15, 0.2) is 0 Å². The predicted octanol–water partition coefficient (Wildman–Crippen LogP) is 5.37. The van der Waals surface area contributed by atoms with Gasteiger partial charge >= 0.3 is 5.97 Å². The van der Waals surface area contributed by atoms with E-state index in [2.05, 4.69) is 10.4 Å². The van der Waals surface area contributed by atoms with Crippen LogP contribution in [-0.4, -0.2) is 26.8 Å². The lowest BCUT2D eigenvalue weighted by Gasteiger charge is -2.25. The Labute approximate surface area is 184 Å². The van der Waals surface area contributed by atoms with Crippen molar-refractivity contribution >= 4 is 29.2 Å². The summed E-state index contributed by atoms with van der Waals surface area (Å²) >= 11 is 5.93. The molecule has 1 aromatic heterocycles. The maximum Gasteiger partial charge on any atom is 0.336 e. The van der Waals surface area contributed by atoms with E-state index in [9.17, 15) is 14.7 Å². The molecule has 2 atom stereocenters. The quantitative estimate of drug-likeness (QED) is 0.545. The number of aromatic nitrogens is 2. The first-order valence-corrected chi connectivity index (χ1v) is 10.9. The number of rotatable bonds is 6. The lowest BCUT2D eigenvalue weighted by atomic mass is 9.93. The van der Waals surface area contributed by atoms with Gasteiger partial charge in [-0.3, -0.25) is 9.48 Å². The van der Waals surface area contributed by atoms with Crippen molar-refractivity contribution in [1.29, 1.82) is 0 Å². The Morgan fingerprint density at radius 1 is 1.13 bits per heavy atom. The number of amides is 1. The molecule has 0 saturated heterocycles. The fraction of sp³-hybridized carbons (Fsp3) is 0.292. The summed E-state index contributed by atoms with van der Waals surface area (Å²) in [6, 6.07) is 13.0. The maximum atomic E-state index is 12.7. The second-order valence-electron chi connectivity index (χ2n) is 8.35. The van der Waals surface area contributed by atoms with Crippen molar-refractivity contribution in [3.05, 3.63) is 71.0 Å². The number of carboxylic acid groups (broad SMARTS) is 1. The molecule has 158 valence electrons. The molecule has 31 heavy (non-hydrogen) atoms. The van der Waals surface area contributed by atoms with Gasteiger partial charge in [-0.05, 0) is 67.0 Å². The first-order chi connectivity index (χ1) is 15.0. The van der Waals surface area contributed by atoms with E-state index < -0.39 is 5.97 Å². The predicted molar refractivity (Wildman–Crippen MR) is 118 cm³/mol. The van der Waals surface area contributed by atoms with Crippen molar-refractivity contribution in [2.75, 3.05) is 5.32 Å². The number of hydrogen-bond acceptors (Lipinski definition) is 3. The Morgan fingerprint density at radius 3 is 2.58 bits per heavy atom. The zero-order valence-electron chi connectivity index (χ0n) is 16.8.